The zero-order chi connectivity index (χ0) is 24.2. The maximum absolute atomic E-state index is 13.0. The molecule has 1 aliphatic rings. The molecule has 0 spiro atoms. The van der Waals surface area contributed by atoms with Crippen LogP contribution in [0.4, 0.5) is 5.69 Å². The molecule has 1 aliphatic heterocycles. The molecule has 1 saturated heterocycles. The molecule has 0 saturated carbocycles. The lowest BCUT2D eigenvalue weighted by Crippen LogP contribution is -2.35. The predicted octanol–water partition coefficient (Wildman–Crippen LogP) is 2.45. The number of hydrogen-bond donors (Lipinski definition) is 2. The molecule has 0 aliphatic carbocycles. The fraction of sp³-hybridized carbons (Fsp3) is 0.348. The Morgan fingerprint density at radius 1 is 1.03 bits per heavy atom. The first-order valence-electron chi connectivity index (χ1n) is 10.6. The van der Waals surface area contributed by atoms with Crippen molar-refractivity contribution in [3.63, 3.8) is 0 Å². The molecule has 0 aromatic heterocycles. The topological polar surface area (TPSA) is 136 Å². The maximum atomic E-state index is 13.0. The highest BCUT2D eigenvalue weighted by atomic mass is 32.2. The molecule has 3 rings (SSSR count). The van der Waals surface area contributed by atoms with Gasteiger partial charge in [-0.3, -0.25) is 9.59 Å². The highest BCUT2D eigenvalue weighted by molar-refractivity contribution is 7.89. The van der Waals surface area contributed by atoms with E-state index in [4.69, 9.17) is 10.5 Å². The number of nitrogens with two attached hydrogens (primary N) is 1. The van der Waals surface area contributed by atoms with Crippen LogP contribution < -0.4 is 11.1 Å². The molecule has 1 fully saturated rings. The van der Waals surface area contributed by atoms with Crippen LogP contribution in [0, 0.1) is 6.92 Å². The summed E-state index contributed by atoms with van der Waals surface area (Å²) < 4.78 is 32.6. The average Bonchev–Trinajstić information content (AvgIpc) is 2.80. The minimum Gasteiger partial charge on any atom is -0.449 e. The fourth-order valence-corrected chi connectivity index (χ4v) is 5.02. The number of esters is 1. The van der Waals surface area contributed by atoms with Crippen LogP contribution in [0.1, 0.15) is 52.5 Å². The minimum absolute atomic E-state index is 0.0218. The van der Waals surface area contributed by atoms with Gasteiger partial charge >= 0.3 is 5.97 Å². The van der Waals surface area contributed by atoms with E-state index >= 15 is 0 Å². The lowest BCUT2D eigenvalue weighted by atomic mass is 10.1. The number of ether oxygens (including phenoxy) is 1. The van der Waals surface area contributed by atoms with Gasteiger partial charge in [-0.05, 0) is 68.7 Å². The van der Waals surface area contributed by atoms with Gasteiger partial charge in [-0.1, -0.05) is 12.5 Å². The first-order chi connectivity index (χ1) is 15.6. The first-order valence-corrected chi connectivity index (χ1v) is 12.1. The van der Waals surface area contributed by atoms with Crippen molar-refractivity contribution in [2.75, 3.05) is 18.4 Å². The summed E-state index contributed by atoms with van der Waals surface area (Å²) in [6.07, 6.45) is 1.46. The number of rotatable bonds is 7. The summed E-state index contributed by atoms with van der Waals surface area (Å²) in [7, 11) is -3.72. The van der Waals surface area contributed by atoms with Crippen molar-refractivity contribution >= 4 is 33.5 Å². The second kappa shape index (κ2) is 10.1. The van der Waals surface area contributed by atoms with Crippen LogP contribution >= 0.6 is 0 Å². The SMILES string of the molecule is Cc1ccc(S(=O)(=O)N2CCCCC2)cc1C(=O)O[C@@H](C)C(=O)Nc1ccc(C(N)=O)cc1. The molecule has 3 N–H and O–H groups in total. The predicted molar refractivity (Wildman–Crippen MR) is 122 cm³/mol. The van der Waals surface area contributed by atoms with E-state index in [1.165, 1.54) is 47.6 Å². The summed E-state index contributed by atoms with van der Waals surface area (Å²) in [5, 5.41) is 2.59. The van der Waals surface area contributed by atoms with Crippen LogP contribution in [-0.4, -0.2) is 49.7 Å². The number of carbonyl (C=O) groups is 3. The smallest absolute Gasteiger partial charge is 0.339 e. The molecular weight excluding hydrogens is 446 g/mol. The summed E-state index contributed by atoms with van der Waals surface area (Å²) >= 11 is 0. The molecule has 1 heterocycles. The summed E-state index contributed by atoms with van der Waals surface area (Å²) in [5.74, 6) is -1.96. The third kappa shape index (κ3) is 5.77. The maximum Gasteiger partial charge on any atom is 0.339 e. The third-order valence-corrected chi connectivity index (χ3v) is 7.37. The van der Waals surface area contributed by atoms with Gasteiger partial charge in [-0.15, -0.1) is 0 Å². The Kier molecular flexibility index (Phi) is 7.50. The quantitative estimate of drug-likeness (QED) is 0.593. The van der Waals surface area contributed by atoms with Crippen LogP contribution in [-0.2, 0) is 19.6 Å². The standard InChI is InChI=1S/C23H27N3O6S/c1-15-6-11-19(33(30,31)26-12-4-3-5-13-26)14-20(15)23(29)32-16(2)22(28)25-18-9-7-17(8-10-18)21(24)27/h6-11,14,16H,3-5,12-13H2,1-2H3,(H2,24,27)(H,25,28)/t16-/m0/s1. The van der Waals surface area contributed by atoms with Gasteiger partial charge in [-0.2, -0.15) is 4.31 Å². The van der Waals surface area contributed by atoms with Crippen LogP contribution in [0.25, 0.3) is 0 Å². The van der Waals surface area contributed by atoms with Crippen LogP contribution in [0.3, 0.4) is 0 Å². The van der Waals surface area contributed by atoms with Crippen molar-refractivity contribution in [3.05, 3.63) is 59.2 Å². The monoisotopic (exact) mass is 473 g/mol. The van der Waals surface area contributed by atoms with Crippen LogP contribution in [0.15, 0.2) is 47.4 Å². The summed E-state index contributed by atoms with van der Waals surface area (Å²) in [4.78, 5) is 36.3. The number of anilines is 1. The second-order valence-electron chi connectivity index (χ2n) is 7.92. The number of sulfonamides is 1. The lowest BCUT2D eigenvalue weighted by molar-refractivity contribution is -0.123. The highest BCUT2D eigenvalue weighted by Gasteiger charge is 2.28. The van der Waals surface area contributed by atoms with Gasteiger partial charge in [0.2, 0.25) is 15.9 Å². The van der Waals surface area contributed by atoms with E-state index in [9.17, 15) is 22.8 Å². The summed E-state index contributed by atoms with van der Waals surface area (Å²) in [6.45, 7) is 3.98. The van der Waals surface area contributed by atoms with Gasteiger partial charge in [0.05, 0.1) is 10.5 Å². The number of nitrogens with zero attached hydrogens (tertiary/aromatic N) is 1. The van der Waals surface area contributed by atoms with Gasteiger partial charge in [0.15, 0.2) is 6.10 Å². The number of aryl methyl sites for hydroxylation is 1. The number of piperidine rings is 1. The summed E-state index contributed by atoms with van der Waals surface area (Å²) in [5.41, 5.74) is 6.50. The lowest BCUT2D eigenvalue weighted by Gasteiger charge is -2.26. The number of amides is 2. The Balaban J connectivity index is 1.70. The Morgan fingerprint density at radius 2 is 1.67 bits per heavy atom. The third-order valence-electron chi connectivity index (χ3n) is 5.47. The first kappa shape index (κ1) is 24.4. The molecule has 33 heavy (non-hydrogen) atoms. The Morgan fingerprint density at radius 3 is 2.27 bits per heavy atom. The van der Waals surface area contributed by atoms with Crippen molar-refractivity contribution in [2.45, 2.75) is 44.1 Å². The van der Waals surface area contributed by atoms with E-state index in [2.05, 4.69) is 5.32 Å². The molecule has 10 heteroatoms. The number of carbonyl (C=O) groups excluding carboxylic acids is 3. The molecule has 176 valence electrons. The number of benzene rings is 2. The van der Waals surface area contributed by atoms with E-state index in [0.717, 1.165) is 19.3 Å². The van der Waals surface area contributed by atoms with E-state index < -0.39 is 33.9 Å². The van der Waals surface area contributed by atoms with E-state index in [1.807, 2.05) is 0 Å². The largest absolute Gasteiger partial charge is 0.449 e. The van der Waals surface area contributed by atoms with Crippen LogP contribution in [0.5, 0.6) is 0 Å². The molecular formula is C23H27N3O6S. The van der Waals surface area contributed by atoms with E-state index in [0.29, 0.717) is 29.9 Å². The number of primary amides is 1. The van der Waals surface area contributed by atoms with Gasteiger partial charge in [0.25, 0.3) is 5.91 Å². The molecule has 9 nitrogen and oxygen atoms in total. The minimum atomic E-state index is -3.72. The van der Waals surface area contributed by atoms with Gasteiger partial charge in [0.1, 0.15) is 0 Å². The van der Waals surface area contributed by atoms with Gasteiger partial charge in [0, 0.05) is 24.3 Å². The second-order valence-corrected chi connectivity index (χ2v) is 9.86. The number of nitrogens with one attached hydrogen (secondary N) is 1. The molecule has 0 bridgehead atoms. The van der Waals surface area contributed by atoms with Crippen molar-refractivity contribution in [3.8, 4) is 0 Å². The Labute approximate surface area is 193 Å². The fourth-order valence-electron chi connectivity index (χ4n) is 3.48. The molecule has 2 aromatic carbocycles. The van der Waals surface area contributed by atoms with Gasteiger partial charge in [-0.25, -0.2) is 13.2 Å². The number of hydrogen-bond acceptors (Lipinski definition) is 6. The molecule has 1 atom stereocenters. The van der Waals surface area contributed by atoms with Crippen molar-refractivity contribution in [1.82, 2.24) is 4.31 Å². The highest BCUT2D eigenvalue weighted by Crippen LogP contribution is 2.23. The molecule has 0 radical (unpaired) electrons. The van der Waals surface area contributed by atoms with Gasteiger partial charge < -0.3 is 15.8 Å². The Hall–Kier alpha value is -3.24. The molecule has 0 unspecified atom stereocenters. The van der Waals surface area contributed by atoms with E-state index in [1.54, 1.807) is 13.0 Å². The van der Waals surface area contributed by atoms with Crippen molar-refractivity contribution in [2.24, 2.45) is 5.73 Å². The molecule has 2 aromatic rings. The Bertz CT molecular complexity index is 1160. The zero-order valence-electron chi connectivity index (χ0n) is 18.5. The van der Waals surface area contributed by atoms with Crippen molar-refractivity contribution < 1.29 is 27.5 Å². The van der Waals surface area contributed by atoms with Crippen molar-refractivity contribution in [1.29, 1.82) is 0 Å². The zero-order valence-corrected chi connectivity index (χ0v) is 19.4. The van der Waals surface area contributed by atoms with E-state index in [-0.39, 0.29) is 10.5 Å². The molecule has 2 amide bonds. The average molecular weight is 474 g/mol. The van der Waals surface area contributed by atoms with Crippen LogP contribution in [0.2, 0.25) is 0 Å². The summed E-state index contributed by atoms with van der Waals surface area (Å²) in [6, 6.07) is 10.3. The normalized spacial score (nSPS) is 15.5.